The van der Waals surface area contributed by atoms with Gasteiger partial charge in [-0.1, -0.05) is 18.2 Å². The number of hydrogen-bond donors (Lipinski definition) is 5. The second kappa shape index (κ2) is 5.56. The minimum atomic E-state index is -2.41. The van der Waals surface area contributed by atoms with E-state index < -0.39 is 22.3 Å². The van der Waals surface area contributed by atoms with Gasteiger partial charge in [0, 0.05) is 5.69 Å². The van der Waals surface area contributed by atoms with Crippen molar-refractivity contribution in [1.82, 2.24) is 0 Å². The molecule has 0 atom stereocenters. The summed E-state index contributed by atoms with van der Waals surface area (Å²) in [5.41, 5.74) is -0.480. The van der Waals surface area contributed by atoms with Crippen LogP contribution in [-0.4, -0.2) is 25.1 Å². The van der Waals surface area contributed by atoms with Crippen LogP contribution in [0.4, 0.5) is 5.69 Å². The van der Waals surface area contributed by atoms with Gasteiger partial charge in [-0.05, 0) is 12.1 Å². The summed E-state index contributed by atoms with van der Waals surface area (Å²) in [5.74, 6) is 0. The summed E-state index contributed by atoms with van der Waals surface area (Å²) in [5, 5.41) is 2.64. The molecule has 0 aliphatic heterocycles. The molecule has 0 unspecified atom stereocenters. The zero-order valence-electron chi connectivity index (χ0n) is 7.15. The summed E-state index contributed by atoms with van der Waals surface area (Å²) in [6, 6.07) is 8.72. The predicted octanol–water partition coefficient (Wildman–Crippen LogP) is 0.975. The predicted molar refractivity (Wildman–Crippen MR) is 56.6 cm³/mol. The first kappa shape index (κ1) is 11.8. The van der Waals surface area contributed by atoms with Crippen molar-refractivity contribution in [2.45, 2.75) is 5.52 Å². The van der Waals surface area contributed by atoms with Crippen LogP contribution >= 0.6 is 16.8 Å². The van der Waals surface area contributed by atoms with E-state index >= 15 is 0 Å². The van der Waals surface area contributed by atoms with Crippen LogP contribution in [0.5, 0.6) is 0 Å². The molecule has 0 saturated heterocycles. The largest absolute Gasteiger partial charge is 0.367 e. The lowest BCUT2D eigenvalue weighted by molar-refractivity contribution is 0.454. The van der Waals surface area contributed by atoms with Crippen LogP contribution in [0.15, 0.2) is 30.3 Å². The van der Waals surface area contributed by atoms with Gasteiger partial charge >= 0.3 is 0 Å². The zero-order chi connectivity index (χ0) is 10.6. The number of anilines is 1. The summed E-state index contributed by atoms with van der Waals surface area (Å²) in [6.45, 7) is 0. The fourth-order valence-corrected chi connectivity index (χ4v) is 2.16. The van der Waals surface area contributed by atoms with Crippen molar-refractivity contribution in [2.75, 3.05) is 5.32 Å². The first-order valence-electron chi connectivity index (χ1n) is 3.77. The standard InChI is InChI=1S/C7H11NO4P2/c9-13(10)7(14(11)12)8-6-4-2-1-3-5-6/h1-5,7-12H. The Bertz CT molecular complexity index is 262. The summed E-state index contributed by atoms with van der Waals surface area (Å²) < 4.78 is 0. The monoisotopic (exact) mass is 235 g/mol. The normalized spacial score (nSPS) is 11.4. The number of rotatable bonds is 4. The van der Waals surface area contributed by atoms with Crippen LogP contribution in [0.25, 0.3) is 0 Å². The van der Waals surface area contributed by atoms with Gasteiger partial charge in [0.25, 0.3) is 0 Å². The molecule has 7 heteroatoms. The van der Waals surface area contributed by atoms with Gasteiger partial charge in [-0.15, -0.1) is 0 Å². The number of benzene rings is 1. The third-order valence-electron chi connectivity index (χ3n) is 1.51. The lowest BCUT2D eigenvalue weighted by Gasteiger charge is -2.20. The SMILES string of the molecule is OP(O)C(Nc1ccccc1)P(O)O. The highest BCUT2D eigenvalue weighted by Crippen LogP contribution is 2.48. The topological polar surface area (TPSA) is 93.0 Å². The Balaban J connectivity index is 2.65. The Labute approximate surface area is 83.9 Å². The molecule has 0 aliphatic rings. The lowest BCUT2D eigenvalue weighted by Crippen LogP contribution is -2.15. The average Bonchev–Trinajstić information content (AvgIpc) is 2.15. The van der Waals surface area contributed by atoms with Crippen molar-refractivity contribution in [3.63, 3.8) is 0 Å². The number of hydrogen-bond acceptors (Lipinski definition) is 5. The minimum Gasteiger partial charge on any atom is -0.367 e. The molecule has 0 aliphatic carbocycles. The quantitative estimate of drug-likeness (QED) is 0.501. The Hall–Kier alpha value is -0.280. The third kappa shape index (κ3) is 3.46. The van der Waals surface area contributed by atoms with Crippen LogP contribution in [0.1, 0.15) is 0 Å². The van der Waals surface area contributed by atoms with E-state index in [9.17, 15) is 0 Å². The summed E-state index contributed by atoms with van der Waals surface area (Å²) in [4.78, 5) is 35.6. The summed E-state index contributed by atoms with van der Waals surface area (Å²) in [7, 11) is -4.82. The molecule has 0 amide bonds. The maximum Gasteiger partial charge on any atom is 0.198 e. The van der Waals surface area contributed by atoms with Crippen molar-refractivity contribution >= 4 is 22.4 Å². The Kier molecular flexibility index (Phi) is 4.69. The third-order valence-corrected chi connectivity index (χ3v) is 3.88. The van der Waals surface area contributed by atoms with E-state index in [0.717, 1.165) is 0 Å². The van der Waals surface area contributed by atoms with Gasteiger partial charge in [0.15, 0.2) is 22.3 Å². The molecule has 78 valence electrons. The first-order valence-corrected chi connectivity index (χ1v) is 6.40. The molecule has 0 radical (unpaired) electrons. The van der Waals surface area contributed by atoms with E-state index in [1.807, 2.05) is 6.07 Å². The number of nitrogens with one attached hydrogen (secondary N) is 1. The molecule has 0 bridgehead atoms. The molecule has 0 fully saturated rings. The molecular formula is C7H11NO4P2. The Morgan fingerprint density at radius 1 is 0.929 bits per heavy atom. The van der Waals surface area contributed by atoms with Gasteiger partial charge in [0.1, 0.15) is 0 Å². The molecule has 1 aromatic rings. The Morgan fingerprint density at radius 2 is 1.43 bits per heavy atom. The highest BCUT2D eigenvalue weighted by molar-refractivity contribution is 7.64. The first-order chi connectivity index (χ1) is 6.61. The molecular weight excluding hydrogens is 224 g/mol. The van der Waals surface area contributed by atoms with Gasteiger partial charge in [0.2, 0.25) is 0 Å². The van der Waals surface area contributed by atoms with E-state index in [-0.39, 0.29) is 0 Å². The zero-order valence-corrected chi connectivity index (χ0v) is 8.94. The number of para-hydroxylation sites is 1. The lowest BCUT2D eigenvalue weighted by atomic mass is 10.3. The second-order valence-electron chi connectivity index (χ2n) is 2.52. The van der Waals surface area contributed by atoms with Crippen LogP contribution in [0, 0.1) is 0 Å². The van der Waals surface area contributed by atoms with Crippen molar-refractivity contribution in [3.8, 4) is 0 Å². The molecule has 5 N–H and O–H groups in total. The van der Waals surface area contributed by atoms with Gasteiger partial charge < -0.3 is 24.9 Å². The van der Waals surface area contributed by atoms with Crippen LogP contribution in [0.2, 0.25) is 0 Å². The van der Waals surface area contributed by atoms with E-state index in [1.54, 1.807) is 24.3 Å². The molecule has 1 rings (SSSR count). The fraction of sp³-hybridized carbons (Fsp3) is 0.143. The van der Waals surface area contributed by atoms with E-state index in [0.29, 0.717) is 5.69 Å². The van der Waals surface area contributed by atoms with E-state index in [1.165, 1.54) is 0 Å². The van der Waals surface area contributed by atoms with Crippen LogP contribution in [-0.2, 0) is 0 Å². The smallest absolute Gasteiger partial charge is 0.198 e. The van der Waals surface area contributed by atoms with Crippen molar-refractivity contribution in [2.24, 2.45) is 0 Å². The highest BCUT2D eigenvalue weighted by atomic mass is 31.2. The Morgan fingerprint density at radius 3 is 1.86 bits per heavy atom. The molecule has 14 heavy (non-hydrogen) atoms. The van der Waals surface area contributed by atoms with E-state index in [2.05, 4.69) is 5.32 Å². The maximum absolute atomic E-state index is 8.90. The molecule has 0 saturated carbocycles. The second-order valence-corrected chi connectivity index (χ2v) is 5.25. The maximum atomic E-state index is 8.90. The molecule has 1 aromatic carbocycles. The molecule has 5 nitrogen and oxygen atoms in total. The van der Waals surface area contributed by atoms with Gasteiger partial charge in [-0.25, -0.2) is 0 Å². The minimum absolute atomic E-state index is 0.615. The molecule has 0 aromatic heterocycles. The van der Waals surface area contributed by atoms with Gasteiger partial charge in [-0.2, -0.15) is 0 Å². The van der Waals surface area contributed by atoms with Crippen molar-refractivity contribution < 1.29 is 19.6 Å². The summed E-state index contributed by atoms with van der Waals surface area (Å²) >= 11 is 0. The fourth-order valence-electron chi connectivity index (χ4n) is 0.891. The van der Waals surface area contributed by atoms with Crippen molar-refractivity contribution in [1.29, 1.82) is 0 Å². The van der Waals surface area contributed by atoms with Gasteiger partial charge in [0.05, 0.1) is 0 Å². The van der Waals surface area contributed by atoms with Crippen LogP contribution in [0.3, 0.4) is 0 Å². The summed E-state index contributed by atoms with van der Waals surface area (Å²) in [6.07, 6.45) is 0. The van der Waals surface area contributed by atoms with E-state index in [4.69, 9.17) is 19.6 Å². The molecule has 0 heterocycles. The molecule has 0 spiro atoms. The van der Waals surface area contributed by atoms with Gasteiger partial charge in [-0.3, -0.25) is 0 Å². The van der Waals surface area contributed by atoms with Crippen molar-refractivity contribution in [3.05, 3.63) is 30.3 Å². The highest BCUT2D eigenvalue weighted by Gasteiger charge is 2.25. The van der Waals surface area contributed by atoms with Crippen LogP contribution < -0.4 is 5.32 Å². The average molecular weight is 235 g/mol.